The molecule has 0 rings (SSSR count). The molecule has 120 valence electrons. The van der Waals surface area contributed by atoms with Gasteiger partial charge in [-0.1, -0.05) is 0 Å². The Morgan fingerprint density at radius 1 is 1.50 bits per heavy atom. The van der Waals surface area contributed by atoms with Crippen LogP contribution in [-0.2, 0) is 14.3 Å². The van der Waals surface area contributed by atoms with Crippen LogP contribution in [0.3, 0.4) is 0 Å². The van der Waals surface area contributed by atoms with Gasteiger partial charge >= 0.3 is 6.16 Å². The first kappa shape index (κ1) is 19.0. The third-order valence-electron chi connectivity index (χ3n) is 2.00. The van der Waals surface area contributed by atoms with Crippen molar-refractivity contribution in [3.8, 4) is 0 Å². The molecule has 9 heteroatoms. The van der Waals surface area contributed by atoms with Crippen molar-refractivity contribution in [1.82, 2.24) is 10.6 Å². The summed E-state index contributed by atoms with van der Waals surface area (Å²) in [5, 5.41) is 21.2. The van der Waals surface area contributed by atoms with Gasteiger partial charge < -0.3 is 19.8 Å². The molecule has 0 aliphatic carbocycles. The third kappa shape index (κ3) is 9.02. The van der Waals surface area contributed by atoms with E-state index in [4.69, 9.17) is 19.4 Å². The van der Waals surface area contributed by atoms with E-state index in [9.17, 15) is 10.0 Å². The van der Waals surface area contributed by atoms with Crippen LogP contribution in [0.5, 0.6) is 0 Å². The second-order valence-corrected chi connectivity index (χ2v) is 4.98. The van der Waals surface area contributed by atoms with Crippen molar-refractivity contribution >= 4 is 6.16 Å². The van der Waals surface area contributed by atoms with Crippen molar-refractivity contribution in [3.05, 3.63) is 5.21 Å². The summed E-state index contributed by atoms with van der Waals surface area (Å²) in [6.07, 6.45) is -1.89. The van der Waals surface area contributed by atoms with Crippen LogP contribution in [-0.4, -0.2) is 47.9 Å². The van der Waals surface area contributed by atoms with E-state index in [0.29, 0.717) is 6.54 Å². The molecule has 0 radical (unpaired) electrons. The molecule has 0 fully saturated rings. The molecule has 0 aliphatic heterocycles. The number of likely N-dealkylation sites (N-methyl/N-ethyl adjacent to an activating group) is 1. The van der Waals surface area contributed by atoms with E-state index in [1.807, 2.05) is 0 Å². The van der Waals surface area contributed by atoms with Gasteiger partial charge in [0, 0.05) is 13.5 Å². The van der Waals surface area contributed by atoms with E-state index in [2.05, 4.69) is 5.59 Å². The Kier molecular flexibility index (Phi) is 8.62. The minimum Gasteiger partial charge on any atom is -0.591 e. The lowest BCUT2D eigenvalue weighted by Gasteiger charge is -2.31. The van der Waals surface area contributed by atoms with Crippen LogP contribution in [0.4, 0.5) is 4.79 Å². The maximum atomic E-state index is 11.6. The fourth-order valence-corrected chi connectivity index (χ4v) is 1.16. The molecular weight excluding hydrogens is 270 g/mol. The van der Waals surface area contributed by atoms with Crippen LogP contribution in [0.15, 0.2) is 0 Å². The van der Waals surface area contributed by atoms with Gasteiger partial charge in [-0.2, -0.15) is 5.28 Å². The molecule has 0 aromatic heterocycles. The van der Waals surface area contributed by atoms with Crippen molar-refractivity contribution in [2.24, 2.45) is 0 Å². The van der Waals surface area contributed by atoms with E-state index >= 15 is 0 Å². The van der Waals surface area contributed by atoms with E-state index in [1.54, 1.807) is 27.7 Å². The molecule has 0 heterocycles. The highest BCUT2D eigenvalue weighted by Crippen LogP contribution is 2.09. The number of nitrogens with one attached hydrogen (secondary N) is 2. The zero-order valence-electron chi connectivity index (χ0n) is 12.6. The van der Waals surface area contributed by atoms with Gasteiger partial charge in [0.2, 0.25) is 6.29 Å². The van der Waals surface area contributed by atoms with Crippen molar-refractivity contribution < 1.29 is 29.5 Å². The summed E-state index contributed by atoms with van der Waals surface area (Å²) in [5.74, 6) is 0. The standard InChI is InChI=1S/C11H25N3O6/c1-6-13(7-8-15)14(17)12-20-9(2)18-10(16)19-11(3,4)5/h9,12,14-15H,6-8H2,1-5H3. The maximum Gasteiger partial charge on any atom is 0.511 e. The van der Waals surface area contributed by atoms with Gasteiger partial charge in [0.05, 0.1) is 13.2 Å². The average molecular weight is 295 g/mol. The predicted molar refractivity (Wildman–Crippen MR) is 69.7 cm³/mol. The summed E-state index contributed by atoms with van der Waals surface area (Å²) in [4.78, 5) is 16.2. The van der Waals surface area contributed by atoms with Crippen LogP contribution in [0.1, 0.15) is 34.6 Å². The smallest absolute Gasteiger partial charge is 0.511 e. The summed E-state index contributed by atoms with van der Waals surface area (Å²) < 4.78 is 9.71. The molecule has 3 N–H and O–H groups in total. The van der Waals surface area contributed by atoms with E-state index < -0.39 is 23.3 Å². The predicted octanol–water partition coefficient (Wildman–Crippen LogP) is -0.668. The highest BCUT2D eigenvalue weighted by Gasteiger charge is 2.20. The molecular formula is C11H25N3O6. The SMILES string of the molecule is CCN(CCO)[NH+]([O-])NOC(C)OC(=O)OC(C)(C)C. The van der Waals surface area contributed by atoms with Gasteiger partial charge in [0.25, 0.3) is 0 Å². The maximum absolute atomic E-state index is 11.6. The number of aliphatic hydroxyl groups is 1. The molecule has 0 saturated heterocycles. The zero-order valence-corrected chi connectivity index (χ0v) is 12.6. The Balaban J connectivity index is 4.03. The minimum absolute atomic E-state index is 0.148. The number of nitrogens with zero attached hydrogens (tertiary/aromatic N) is 1. The van der Waals surface area contributed by atoms with Gasteiger partial charge in [-0.25, -0.2) is 9.63 Å². The third-order valence-corrected chi connectivity index (χ3v) is 2.00. The lowest BCUT2D eigenvalue weighted by atomic mass is 10.2. The van der Waals surface area contributed by atoms with Gasteiger partial charge in [-0.05, 0) is 33.3 Å². The second kappa shape index (κ2) is 9.06. The van der Waals surface area contributed by atoms with E-state index in [-0.39, 0.29) is 13.2 Å². The van der Waals surface area contributed by atoms with Crippen LogP contribution in [0, 0.1) is 5.21 Å². The molecule has 0 amide bonds. The topological polar surface area (TPSA) is 108 Å². The molecule has 0 aromatic rings. The number of carbonyl (C=O) groups is 1. The molecule has 0 aliphatic rings. The lowest BCUT2D eigenvalue weighted by Crippen LogP contribution is -3.20. The highest BCUT2D eigenvalue weighted by atomic mass is 16.9. The monoisotopic (exact) mass is 295 g/mol. The van der Waals surface area contributed by atoms with Crippen molar-refractivity contribution in [3.63, 3.8) is 0 Å². The van der Waals surface area contributed by atoms with Gasteiger partial charge in [0.1, 0.15) is 5.60 Å². The number of rotatable bonds is 8. The number of hydrogen-bond donors (Lipinski definition) is 3. The van der Waals surface area contributed by atoms with Crippen LogP contribution in [0.2, 0.25) is 0 Å². The van der Waals surface area contributed by atoms with Crippen molar-refractivity contribution in [2.45, 2.75) is 46.5 Å². The lowest BCUT2D eigenvalue weighted by molar-refractivity contribution is -1.04. The summed E-state index contributed by atoms with van der Waals surface area (Å²) in [5.41, 5.74) is 1.46. The number of ether oxygens (including phenoxy) is 2. The van der Waals surface area contributed by atoms with Crippen LogP contribution >= 0.6 is 0 Å². The number of carbonyl (C=O) groups excluding carboxylic acids is 1. The summed E-state index contributed by atoms with van der Waals surface area (Å²) >= 11 is 0. The minimum atomic E-state index is -0.998. The molecule has 0 spiro atoms. The fraction of sp³-hybridized carbons (Fsp3) is 0.909. The molecule has 0 saturated carbocycles. The molecule has 9 nitrogen and oxygen atoms in total. The average Bonchev–Trinajstić information content (AvgIpc) is 2.30. The van der Waals surface area contributed by atoms with Crippen LogP contribution < -0.4 is 10.9 Å². The largest absolute Gasteiger partial charge is 0.591 e. The number of hydrogen-bond acceptors (Lipinski definition) is 8. The summed E-state index contributed by atoms with van der Waals surface area (Å²) in [6, 6.07) is 0. The molecule has 0 bridgehead atoms. The van der Waals surface area contributed by atoms with Gasteiger partial charge in [-0.3, -0.25) is 0 Å². The van der Waals surface area contributed by atoms with Crippen molar-refractivity contribution in [1.29, 1.82) is 0 Å². The normalized spacial score (nSPS) is 15.0. The Bertz CT molecular complexity index is 284. The van der Waals surface area contributed by atoms with E-state index in [0.717, 1.165) is 0 Å². The number of aliphatic hydroxyl groups excluding tert-OH is 1. The van der Waals surface area contributed by atoms with Gasteiger partial charge in [0.15, 0.2) is 0 Å². The molecule has 20 heavy (non-hydrogen) atoms. The first-order valence-electron chi connectivity index (χ1n) is 6.40. The quantitative estimate of drug-likeness (QED) is 0.307. The number of quaternary nitrogens is 1. The Morgan fingerprint density at radius 2 is 2.10 bits per heavy atom. The summed E-state index contributed by atoms with van der Waals surface area (Å²) in [6.45, 7) is 8.76. The Morgan fingerprint density at radius 3 is 2.55 bits per heavy atom. The zero-order chi connectivity index (χ0) is 15.8. The highest BCUT2D eigenvalue weighted by molar-refractivity contribution is 5.60. The molecule has 2 atom stereocenters. The first-order chi connectivity index (χ1) is 9.19. The Hall–Kier alpha value is -0.970. The Labute approximate surface area is 118 Å². The molecule has 2 unspecified atom stereocenters. The fourth-order valence-electron chi connectivity index (χ4n) is 1.16. The summed E-state index contributed by atoms with van der Waals surface area (Å²) in [7, 11) is 0. The molecule has 0 aromatic carbocycles. The van der Waals surface area contributed by atoms with E-state index in [1.165, 1.54) is 11.9 Å². The van der Waals surface area contributed by atoms with Crippen molar-refractivity contribution in [2.75, 3.05) is 19.7 Å². The van der Waals surface area contributed by atoms with Crippen LogP contribution in [0.25, 0.3) is 0 Å². The van der Waals surface area contributed by atoms with Gasteiger partial charge in [-0.15, -0.1) is 5.01 Å². The first-order valence-corrected chi connectivity index (χ1v) is 6.40. The second-order valence-electron chi connectivity index (χ2n) is 4.98.